The highest BCUT2D eigenvalue weighted by Crippen LogP contribution is 2.35. The van der Waals surface area contributed by atoms with Crippen LogP contribution in [-0.4, -0.2) is 33.8 Å². The van der Waals surface area contributed by atoms with Crippen LogP contribution in [-0.2, 0) is 13.2 Å². The van der Waals surface area contributed by atoms with Gasteiger partial charge >= 0.3 is 6.18 Å². The number of hydrogen-bond donors (Lipinski definition) is 1. The van der Waals surface area contributed by atoms with Crippen molar-refractivity contribution in [3.8, 4) is 11.3 Å². The van der Waals surface area contributed by atoms with Crippen molar-refractivity contribution < 1.29 is 18.0 Å². The highest BCUT2D eigenvalue weighted by molar-refractivity contribution is 6.08. The molecule has 0 saturated carbocycles. The van der Waals surface area contributed by atoms with Crippen LogP contribution in [0.15, 0.2) is 48.8 Å². The summed E-state index contributed by atoms with van der Waals surface area (Å²) in [5.41, 5.74) is 1.15. The molecular formula is C21H20F3N5O. The number of nitrogens with one attached hydrogen (secondary N) is 1. The number of anilines is 2. The zero-order chi connectivity index (χ0) is 21.3. The first-order valence-corrected chi connectivity index (χ1v) is 9.55. The molecule has 0 unspecified atom stereocenters. The van der Waals surface area contributed by atoms with Crippen molar-refractivity contribution in [3.05, 3.63) is 59.9 Å². The van der Waals surface area contributed by atoms with Crippen LogP contribution in [0, 0.1) is 0 Å². The molecule has 1 fully saturated rings. The lowest BCUT2D eigenvalue weighted by atomic mass is 10.1. The maximum Gasteiger partial charge on any atom is 0.416 e. The van der Waals surface area contributed by atoms with Gasteiger partial charge in [0, 0.05) is 31.9 Å². The van der Waals surface area contributed by atoms with E-state index >= 15 is 0 Å². The zero-order valence-corrected chi connectivity index (χ0v) is 16.3. The summed E-state index contributed by atoms with van der Waals surface area (Å²) in [6, 6.07) is 8.40. The smallest absolute Gasteiger partial charge is 0.371 e. The van der Waals surface area contributed by atoms with Gasteiger partial charge in [0.2, 0.25) is 0 Å². The molecular weight excluding hydrogens is 395 g/mol. The summed E-state index contributed by atoms with van der Waals surface area (Å²) < 4.78 is 41.3. The van der Waals surface area contributed by atoms with Crippen LogP contribution in [0.3, 0.4) is 0 Å². The Morgan fingerprint density at radius 3 is 2.57 bits per heavy atom. The van der Waals surface area contributed by atoms with Gasteiger partial charge in [-0.2, -0.15) is 18.3 Å². The van der Waals surface area contributed by atoms with E-state index in [1.54, 1.807) is 42.3 Å². The Bertz CT molecular complexity index is 1070. The van der Waals surface area contributed by atoms with Crippen molar-refractivity contribution >= 4 is 17.4 Å². The molecule has 0 atom stereocenters. The molecule has 0 spiro atoms. The summed E-state index contributed by atoms with van der Waals surface area (Å²) >= 11 is 0. The van der Waals surface area contributed by atoms with E-state index in [0.29, 0.717) is 30.3 Å². The third-order valence-electron chi connectivity index (χ3n) is 5.01. The first kappa shape index (κ1) is 19.9. The van der Waals surface area contributed by atoms with Gasteiger partial charge in [0.1, 0.15) is 5.82 Å². The highest BCUT2D eigenvalue weighted by Gasteiger charge is 2.32. The summed E-state index contributed by atoms with van der Waals surface area (Å²) in [6.07, 6.45) is 0.756. The first-order chi connectivity index (χ1) is 14.3. The summed E-state index contributed by atoms with van der Waals surface area (Å²) in [5.74, 6) is -0.185. The molecule has 3 heterocycles. The lowest BCUT2D eigenvalue weighted by molar-refractivity contribution is -0.137. The van der Waals surface area contributed by atoms with E-state index in [9.17, 15) is 18.0 Å². The first-order valence-electron chi connectivity index (χ1n) is 9.55. The van der Waals surface area contributed by atoms with E-state index < -0.39 is 17.6 Å². The number of benzene rings is 1. The number of nitrogens with zero attached hydrogens (tertiary/aromatic N) is 4. The fraction of sp³-hybridized carbons (Fsp3) is 0.286. The van der Waals surface area contributed by atoms with E-state index in [4.69, 9.17) is 0 Å². The van der Waals surface area contributed by atoms with Crippen LogP contribution < -0.4 is 10.2 Å². The number of amides is 1. The van der Waals surface area contributed by atoms with Crippen molar-refractivity contribution in [1.29, 1.82) is 0 Å². The molecule has 1 aromatic carbocycles. The van der Waals surface area contributed by atoms with E-state index in [1.165, 1.54) is 6.07 Å². The fourth-order valence-electron chi connectivity index (χ4n) is 3.52. The van der Waals surface area contributed by atoms with Crippen molar-refractivity contribution in [3.63, 3.8) is 0 Å². The van der Waals surface area contributed by atoms with Crippen LogP contribution in [0.5, 0.6) is 0 Å². The maximum atomic E-state index is 13.2. The Morgan fingerprint density at radius 2 is 1.90 bits per heavy atom. The van der Waals surface area contributed by atoms with Gasteiger partial charge in [0.05, 0.1) is 28.7 Å². The molecule has 0 radical (unpaired) electrons. The number of halogens is 3. The second-order valence-corrected chi connectivity index (χ2v) is 7.19. The molecule has 6 nitrogen and oxygen atoms in total. The van der Waals surface area contributed by atoms with Crippen LogP contribution in [0.25, 0.3) is 11.3 Å². The molecule has 1 saturated heterocycles. The monoisotopic (exact) mass is 415 g/mol. The topological polar surface area (TPSA) is 63.1 Å². The van der Waals surface area contributed by atoms with Crippen molar-refractivity contribution in [2.45, 2.75) is 19.0 Å². The minimum atomic E-state index is -4.47. The predicted octanol–water partition coefficient (Wildman–Crippen LogP) is 4.35. The van der Waals surface area contributed by atoms with Crippen LogP contribution in [0.1, 0.15) is 28.8 Å². The molecule has 3 aromatic rings. The second kappa shape index (κ2) is 7.81. The molecule has 0 bridgehead atoms. The molecule has 1 aliphatic rings. The van der Waals surface area contributed by atoms with Crippen LogP contribution in [0.2, 0.25) is 0 Å². The third-order valence-corrected chi connectivity index (χ3v) is 5.01. The van der Waals surface area contributed by atoms with Crippen molar-refractivity contribution in [1.82, 2.24) is 14.8 Å². The average Bonchev–Trinajstić information content (AvgIpc) is 3.39. The fourth-order valence-corrected chi connectivity index (χ4v) is 3.52. The summed E-state index contributed by atoms with van der Waals surface area (Å²) in [6.45, 7) is 1.24. The molecule has 2 aromatic heterocycles. The minimum absolute atomic E-state index is 0.193. The largest absolute Gasteiger partial charge is 0.416 e. The van der Waals surface area contributed by atoms with Gasteiger partial charge in [-0.3, -0.25) is 9.48 Å². The number of carbonyl (C=O) groups is 1. The Morgan fingerprint density at radius 1 is 1.13 bits per heavy atom. The van der Waals surface area contributed by atoms with Gasteiger partial charge in [-0.15, -0.1) is 0 Å². The Hall–Kier alpha value is -3.36. The van der Waals surface area contributed by atoms with Crippen LogP contribution in [0.4, 0.5) is 24.7 Å². The maximum absolute atomic E-state index is 13.2. The lowest BCUT2D eigenvalue weighted by Gasteiger charge is -2.22. The molecule has 30 heavy (non-hydrogen) atoms. The van der Waals surface area contributed by atoms with Crippen molar-refractivity contribution in [2.24, 2.45) is 7.05 Å². The number of alkyl halides is 3. The number of rotatable bonds is 4. The molecule has 1 amide bonds. The van der Waals surface area contributed by atoms with Gasteiger partial charge in [0.25, 0.3) is 5.91 Å². The second-order valence-electron chi connectivity index (χ2n) is 7.19. The zero-order valence-electron chi connectivity index (χ0n) is 16.3. The predicted molar refractivity (Wildman–Crippen MR) is 107 cm³/mol. The highest BCUT2D eigenvalue weighted by atomic mass is 19.4. The number of pyridine rings is 1. The van der Waals surface area contributed by atoms with Gasteiger partial charge in [-0.1, -0.05) is 6.07 Å². The third kappa shape index (κ3) is 4.14. The van der Waals surface area contributed by atoms with Gasteiger partial charge < -0.3 is 10.2 Å². The Kier molecular flexibility index (Phi) is 5.19. The van der Waals surface area contributed by atoms with E-state index in [1.807, 2.05) is 4.90 Å². The van der Waals surface area contributed by atoms with Gasteiger partial charge in [-0.05, 0) is 43.2 Å². The molecule has 156 valence electrons. The quantitative estimate of drug-likeness (QED) is 0.688. The summed E-state index contributed by atoms with van der Waals surface area (Å²) in [7, 11) is 1.79. The average molecular weight is 415 g/mol. The summed E-state index contributed by atoms with van der Waals surface area (Å²) in [4.78, 5) is 19.2. The molecule has 1 N–H and O–H groups in total. The van der Waals surface area contributed by atoms with Gasteiger partial charge in [0.15, 0.2) is 0 Å². The molecule has 9 heteroatoms. The number of hydrogen-bond acceptors (Lipinski definition) is 4. The molecule has 1 aliphatic heterocycles. The number of aromatic nitrogens is 3. The standard InChI is InChI=1S/C21H20F3N5O/c1-28-13-14(12-25-28)17-5-4-6-19(26-17)27-20(30)16-8-7-15(21(22,23)24)11-18(16)29-9-2-3-10-29/h4-8,11-13H,2-3,9-10H2,1H3,(H,26,27,30). The molecule has 4 rings (SSSR count). The molecule has 0 aliphatic carbocycles. The summed E-state index contributed by atoms with van der Waals surface area (Å²) in [5, 5.41) is 6.82. The van der Waals surface area contributed by atoms with Crippen molar-refractivity contribution in [2.75, 3.05) is 23.3 Å². The number of aryl methyl sites for hydroxylation is 1. The lowest BCUT2D eigenvalue weighted by Crippen LogP contribution is -2.24. The van der Waals surface area contributed by atoms with E-state index in [2.05, 4.69) is 15.4 Å². The normalized spacial score (nSPS) is 14.2. The van der Waals surface area contributed by atoms with E-state index in [0.717, 1.165) is 30.5 Å². The SMILES string of the molecule is Cn1cc(-c2cccc(NC(=O)c3ccc(C(F)(F)F)cc3N3CCCC3)n2)cn1. The minimum Gasteiger partial charge on any atom is -0.371 e. The van der Waals surface area contributed by atoms with Gasteiger partial charge in [-0.25, -0.2) is 4.98 Å². The van der Waals surface area contributed by atoms with Crippen LogP contribution >= 0.6 is 0 Å². The Balaban J connectivity index is 1.63. The van der Waals surface area contributed by atoms with E-state index in [-0.39, 0.29) is 5.56 Å². The Labute approximate surface area is 171 Å². The number of carbonyl (C=O) groups excluding carboxylic acids is 1.